The van der Waals surface area contributed by atoms with Crippen molar-refractivity contribution in [1.29, 1.82) is 0 Å². The van der Waals surface area contributed by atoms with E-state index in [1.807, 2.05) is 0 Å². The number of halogens is 1. The van der Waals surface area contributed by atoms with Crippen LogP contribution in [-0.4, -0.2) is 34.5 Å². The van der Waals surface area contributed by atoms with E-state index < -0.39 is 30.3 Å². The molecule has 1 aliphatic rings. The summed E-state index contributed by atoms with van der Waals surface area (Å²) in [6, 6.07) is 11.6. The summed E-state index contributed by atoms with van der Waals surface area (Å²) in [6.07, 6.45) is 1.47. The number of carbonyl (C=O) groups is 3. The van der Waals surface area contributed by atoms with Crippen LogP contribution in [0.5, 0.6) is 5.75 Å². The Balaban J connectivity index is 1.72. The Bertz CT molecular complexity index is 924. The highest BCUT2D eigenvalue weighted by atomic mass is 19.1. The Hall–Kier alpha value is -3.68. The van der Waals surface area contributed by atoms with Gasteiger partial charge in [0.2, 0.25) is 0 Å². The van der Waals surface area contributed by atoms with Crippen LogP contribution in [0.15, 0.2) is 54.2 Å². The third-order valence-electron chi connectivity index (χ3n) is 3.80. The number of hydrogen-bond donors (Lipinski definition) is 2. The fourth-order valence-electron chi connectivity index (χ4n) is 2.48. The molecule has 7 nitrogen and oxygen atoms in total. The maximum Gasteiger partial charge on any atom is 0.341 e. The number of nitrogens with one attached hydrogen (secondary N) is 1. The number of ether oxygens (including phenoxy) is 1. The number of benzene rings is 2. The number of hydrogen-bond acceptors (Lipinski definition) is 4. The van der Waals surface area contributed by atoms with Crippen LogP contribution >= 0.6 is 0 Å². The van der Waals surface area contributed by atoms with E-state index in [2.05, 4.69) is 5.32 Å². The second-order valence-corrected chi connectivity index (χ2v) is 5.72. The van der Waals surface area contributed by atoms with Crippen LogP contribution in [0.2, 0.25) is 0 Å². The highest BCUT2D eigenvalue weighted by Gasteiger charge is 2.33. The predicted octanol–water partition coefficient (Wildman–Crippen LogP) is 2.38. The van der Waals surface area contributed by atoms with Crippen molar-refractivity contribution in [2.24, 2.45) is 0 Å². The minimum absolute atomic E-state index is 0.0653. The number of carboxylic acid groups (broad SMARTS) is 1. The van der Waals surface area contributed by atoms with Crippen molar-refractivity contribution in [3.63, 3.8) is 0 Å². The molecule has 1 heterocycles. The molecule has 2 aromatic carbocycles. The van der Waals surface area contributed by atoms with Gasteiger partial charge in [-0.2, -0.15) is 0 Å². The van der Waals surface area contributed by atoms with E-state index >= 15 is 0 Å². The SMILES string of the molecule is O=C(O)COc1ccc(C=C2NC(=O)N(Cc3ccccc3F)C2=O)cc1. The average Bonchev–Trinajstić information content (AvgIpc) is 2.90. The van der Waals surface area contributed by atoms with Crippen molar-refractivity contribution in [1.82, 2.24) is 10.2 Å². The zero-order valence-corrected chi connectivity index (χ0v) is 14.0. The molecule has 0 radical (unpaired) electrons. The number of amides is 3. The molecule has 0 aliphatic carbocycles. The summed E-state index contributed by atoms with van der Waals surface area (Å²) in [5.74, 6) is -1.78. The first-order valence-electron chi connectivity index (χ1n) is 7.96. The highest BCUT2D eigenvalue weighted by Crippen LogP contribution is 2.19. The largest absolute Gasteiger partial charge is 0.482 e. The number of urea groups is 1. The van der Waals surface area contributed by atoms with Gasteiger partial charge in [0.1, 0.15) is 17.3 Å². The fraction of sp³-hybridized carbons (Fsp3) is 0.105. The van der Waals surface area contributed by atoms with Crippen molar-refractivity contribution in [2.45, 2.75) is 6.54 Å². The molecule has 0 saturated carbocycles. The number of rotatable bonds is 6. The lowest BCUT2D eigenvalue weighted by Gasteiger charge is -2.12. The van der Waals surface area contributed by atoms with Gasteiger partial charge >= 0.3 is 12.0 Å². The molecule has 3 amide bonds. The monoisotopic (exact) mass is 370 g/mol. The molecular formula is C19H15FN2O5. The quantitative estimate of drug-likeness (QED) is 0.601. The predicted molar refractivity (Wildman–Crippen MR) is 93.0 cm³/mol. The minimum Gasteiger partial charge on any atom is -0.482 e. The van der Waals surface area contributed by atoms with Crippen LogP contribution in [0.3, 0.4) is 0 Å². The topological polar surface area (TPSA) is 95.9 Å². The van der Waals surface area contributed by atoms with Crippen LogP contribution in [0.1, 0.15) is 11.1 Å². The van der Waals surface area contributed by atoms with Crippen LogP contribution in [0, 0.1) is 5.82 Å². The zero-order chi connectivity index (χ0) is 19.4. The molecule has 2 aromatic rings. The highest BCUT2D eigenvalue weighted by molar-refractivity contribution is 6.13. The Kier molecular flexibility index (Phi) is 5.16. The Morgan fingerprint density at radius 3 is 2.52 bits per heavy atom. The number of nitrogens with zero attached hydrogens (tertiary/aromatic N) is 1. The second kappa shape index (κ2) is 7.69. The molecule has 3 rings (SSSR count). The van der Waals surface area contributed by atoms with Crippen molar-refractivity contribution >= 4 is 24.0 Å². The molecule has 27 heavy (non-hydrogen) atoms. The molecule has 8 heteroatoms. The van der Waals surface area contributed by atoms with E-state index in [9.17, 15) is 18.8 Å². The molecule has 1 fully saturated rings. The van der Waals surface area contributed by atoms with Gasteiger partial charge in [-0.1, -0.05) is 30.3 Å². The first-order chi connectivity index (χ1) is 12.9. The van der Waals surface area contributed by atoms with Crippen LogP contribution in [0.25, 0.3) is 6.08 Å². The van der Waals surface area contributed by atoms with Crippen molar-refractivity contribution in [3.05, 3.63) is 71.2 Å². The van der Waals surface area contributed by atoms with Gasteiger partial charge < -0.3 is 15.2 Å². The van der Waals surface area contributed by atoms with Gasteiger partial charge in [-0.25, -0.2) is 14.0 Å². The number of aliphatic carboxylic acids is 1. The molecule has 0 unspecified atom stereocenters. The molecule has 0 spiro atoms. The van der Waals surface area contributed by atoms with Crippen LogP contribution in [-0.2, 0) is 16.1 Å². The van der Waals surface area contributed by atoms with E-state index in [0.717, 1.165) is 4.90 Å². The molecule has 0 aromatic heterocycles. The zero-order valence-electron chi connectivity index (χ0n) is 14.0. The summed E-state index contributed by atoms with van der Waals surface area (Å²) in [5.41, 5.74) is 0.909. The summed E-state index contributed by atoms with van der Waals surface area (Å²) in [6.45, 7) is -0.628. The molecule has 138 valence electrons. The minimum atomic E-state index is -1.09. The summed E-state index contributed by atoms with van der Waals surface area (Å²) >= 11 is 0. The first kappa shape index (κ1) is 18.1. The Morgan fingerprint density at radius 2 is 1.85 bits per heavy atom. The van der Waals surface area contributed by atoms with Gasteiger partial charge in [-0.05, 0) is 29.8 Å². The lowest BCUT2D eigenvalue weighted by Crippen LogP contribution is -2.30. The van der Waals surface area contributed by atoms with Crippen molar-refractivity contribution in [2.75, 3.05) is 6.61 Å². The molecule has 1 saturated heterocycles. The van der Waals surface area contributed by atoms with Gasteiger partial charge in [-0.3, -0.25) is 9.69 Å². The smallest absolute Gasteiger partial charge is 0.341 e. The number of carbonyl (C=O) groups excluding carboxylic acids is 2. The Labute approximate surface area is 153 Å². The lowest BCUT2D eigenvalue weighted by atomic mass is 10.1. The number of imide groups is 1. The summed E-state index contributed by atoms with van der Waals surface area (Å²) in [4.78, 5) is 35.9. The average molecular weight is 370 g/mol. The fourth-order valence-corrected chi connectivity index (χ4v) is 2.48. The molecule has 1 aliphatic heterocycles. The maximum absolute atomic E-state index is 13.8. The second-order valence-electron chi connectivity index (χ2n) is 5.72. The van der Waals surface area contributed by atoms with E-state index in [4.69, 9.17) is 9.84 Å². The lowest BCUT2D eigenvalue weighted by molar-refractivity contribution is -0.139. The number of carboxylic acids is 1. The first-order valence-corrected chi connectivity index (χ1v) is 7.96. The molecule has 2 N–H and O–H groups in total. The Morgan fingerprint density at radius 1 is 1.15 bits per heavy atom. The van der Waals surface area contributed by atoms with Gasteiger partial charge in [0.05, 0.1) is 6.54 Å². The maximum atomic E-state index is 13.8. The summed E-state index contributed by atoms with van der Waals surface area (Å²) in [7, 11) is 0. The summed E-state index contributed by atoms with van der Waals surface area (Å²) < 4.78 is 18.8. The molecule has 0 bridgehead atoms. The summed E-state index contributed by atoms with van der Waals surface area (Å²) in [5, 5.41) is 11.0. The van der Waals surface area contributed by atoms with Crippen molar-refractivity contribution < 1.29 is 28.6 Å². The van der Waals surface area contributed by atoms with Gasteiger partial charge in [-0.15, -0.1) is 0 Å². The van der Waals surface area contributed by atoms with E-state index in [-0.39, 0.29) is 17.8 Å². The molecular weight excluding hydrogens is 355 g/mol. The standard InChI is InChI=1S/C19H15FN2O5/c20-15-4-2-1-3-13(15)10-22-18(25)16(21-19(22)26)9-12-5-7-14(8-6-12)27-11-17(23)24/h1-9H,10-11H2,(H,21,26)(H,23,24). The van der Waals surface area contributed by atoms with Gasteiger partial charge in [0.25, 0.3) is 5.91 Å². The van der Waals surface area contributed by atoms with Crippen molar-refractivity contribution in [3.8, 4) is 5.75 Å². The molecule has 0 atom stereocenters. The van der Waals surface area contributed by atoms with Crippen LogP contribution < -0.4 is 10.1 Å². The van der Waals surface area contributed by atoms with E-state index in [1.165, 1.54) is 24.3 Å². The van der Waals surface area contributed by atoms with Gasteiger partial charge in [0.15, 0.2) is 6.61 Å². The third-order valence-corrected chi connectivity index (χ3v) is 3.80. The van der Waals surface area contributed by atoms with Crippen LogP contribution in [0.4, 0.5) is 9.18 Å². The van der Waals surface area contributed by atoms with E-state index in [1.54, 1.807) is 30.3 Å². The van der Waals surface area contributed by atoms with Gasteiger partial charge in [0, 0.05) is 5.56 Å². The van der Waals surface area contributed by atoms with E-state index in [0.29, 0.717) is 11.3 Å². The third kappa shape index (κ3) is 4.30. The normalized spacial score (nSPS) is 15.1.